The number of rotatable bonds is 7. The van der Waals surface area contributed by atoms with Gasteiger partial charge < -0.3 is 20.1 Å². The maximum atomic E-state index is 11.2. The molecule has 0 atom stereocenters. The second kappa shape index (κ2) is 10.7. The van der Waals surface area contributed by atoms with Crippen molar-refractivity contribution in [3.63, 3.8) is 0 Å². The zero-order valence-corrected chi connectivity index (χ0v) is 21.5. The highest BCUT2D eigenvalue weighted by atomic mass is 35.5. The largest absolute Gasteiger partial charge is 0.465 e. The summed E-state index contributed by atoms with van der Waals surface area (Å²) in [5, 5.41) is 33.0. The molecule has 2 aromatic heterocycles. The summed E-state index contributed by atoms with van der Waals surface area (Å²) in [7, 11) is 0. The molecule has 1 aliphatic rings. The van der Waals surface area contributed by atoms with E-state index in [-0.39, 0.29) is 12.4 Å². The van der Waals surface area contributed by atoms with Crippen LogP contribution in [-0.4, -0.2) is 53.8 Å². The molecular formula is C26H30ClN7O3. The Morgan fingerprint density at radius 1 is 1.27 bits per heavy atom. The molecule has 5 N–H and O–H groups in total. The number of fused-ring (bicyclic) bond motifs is 1. The van der Waals surface area contributed by atoms with Gasteiger partial charge in [-0.1, -0.05) is 23.7 Å². The lowest BCUT2D eigenvalue weighted by molar-refractivity contribution is 0.200. The Hall–Kier alpha value is -3.68. The SMILES string of the molecule is C#C[C@H]1CC[C@H](Cn2c(NC(C)(C)CO)nc3nc(C(=N)NC(=O)O)nc(-c4cccc(Cl)c4)c32)CC1. The molecule has 0 saturated heterocycles. The molecule has 0 aliphatic heterocycles. The topological polar surface area (TPSA) is 149 Å². The molecule has 1 aromatic carbocycles. The second-order valence-corrected chi connectivity index (χ2v) is 10.4. The first-order valence-corrected chi connectivity index (χ1v) is 12.5. The van der Waals surface area contributed by atoms with Crippen LogP contribution in [0.5, 0.6) is 0 Å². The summed E-state index contributed by atoms with van der Waals surface area (Å²) in [6.45, 7) is 4.21. The number of terminal acetylenes is 1. The van der Waals surface area contributed by atoms with Gasteiger partial charge in [0.2, 0.25) is 5.95 Å². The molecule has 3 aromatic rings. The number of amidine groups is 1. The molecule has 1 aliphatic carbocycles. The monoisotopic (exact) mass is 523 g/mol. The van der Waals surface area contributed by atoms with Gasteiger partial charge in [-0.05, 0) is 57.6 Å². The number of halogens is 1. The fourth-order valence-electron chi connectivity index (χ4n) is 4.53. The Kier molecular flexibility index (Phi) is 7.66. The maximum Gasteiger partial charge on any atom is 0.410 e. The Balaban J connectivity index is 1.91. The lowest BCUT2D eigenvalue weighted by Crippen LogP contribution is -2.36. The number of hydrogen-bond acceptors (Lipinski definition) is 7. The van der Waals surface area contributed by atoms with Crippen molar-refractivity contribution >= 4 is 40.6 Å². The van der Waals surface area contributed by atoms with E-state index < -0.39 is 17.5 Å². The van der Waals surface area contributed by atoms with Crippen LogP contribution in [0.3, 0.4) is 0 Å². The van der Waals surface area contributed by atoms with E-state index in [9.17, 15) is 9.90 Å². The molecule has 10 nitrogen and oxygen atoms in total. The van der Waals surface area contributed by atoms with E-state index in [0.29, 0.717) is 51.8 Å². The van der Waals surface area contributed by atoms with Crippen LogP contribution in [-0.2, 0) is 6.54 Å². The summed E-state index contributed by atoms with van der Waals surface area (Å²) in [4.78, 5) is 24.9. The Morgan fingerprint density at radius 2 is 2.00 bits per heavy atom. The lowest BCUT2D eigenvalue weighted by atomic mass is 9.82. The third-order valence-corrected chi connectivity index (χ3v) is 6.76. The van der Waals surface area contributed by atoms with Gasteiger partial charge in [0.25, 0.3) is 0 Å². The van der Waals surface area contributed by atoms with Gasteiger partial charge in [-0.15, -0.1) is 12.3 Å². The quantitative estimate of drug-likeness (QED) is 0.175. The van der Waals surface area contributed by atoms with Crippen molar-refractivity contribution in [3.05, 3.63) is 35.1 Å². The molecular weight excluding hydrogens is 494 g/mol. The molecule has 2 heterocycles. The van der Waals surface area contributed by atoms with Crippen LogP contribution >= 0.6 is 11.6 Å². The minimum absolute atomic E-state index is 0.114. The van der Waals surface area contributed by atoms with Crippen molar-refractivity contribution in [1.29, 1.82) is 5.41 Å². The van der Waals surface area contributed by atoms with Crippen molar-refractivity contribution < 1.29 is 15.0 Å². The van der Waals surface area contributed by atoms with Crippen LogP contribution in [0.4, 0.5) is 10.7 Å². The van der Waals surface area contributed by atoms with Gasteiger partial charge in [0.1, 0.15) is 11.2 Å². The predicted octanol–water partition coefficient (Wildman–Crippen LogP) is 4.36. The summed E-state index contributed by atoms with van der Waals surface area (Å²) in [5.41, 5.74) is 1.40. The highest BCUT2D eigenvalue weighted by Gasteiger charge is 2.28. The first-order chi connectivity index (χ1) is 17.6. The molecule has 0 bridgehead atoms. The summed E-state index contributed by atoms with van der Waals surface area (Å²) in [6.07, 6.45) is 8.11. The van der Waals surface area contributed by atoms with Crippen LogP contribution in [0.25, 0.3) is 22.4 Å². The Bertz CT molecular complexity index is 1370. The number of carbonyl (C=O) groups is 1. The normalized spacial score (nSPS) is 17.8. The number of nitrogens with zero attached hydrogens (tertiary/aromatic N) is 4. The first kappa shape index (κ1) is 26.4. The van der Waals surface area contributed by atoms with Gasteiger partial charge in [0, 0.05) is 23.0 Å². The second-order valence-electron chi connectivity index (χ2n) is 9.98. The zero-order valence-electron chi connectivity index (χ0n) is 20.8. The maximum absolute atomic E-state index is 11.2. The standard InChI is InChI=1S/C26H30ClN7O3/c1-4-15-8-10-16(11-9-15)13-34-20-19(17-6-5-7-18(27)12-17)29-23(21(28)30-25(36)37)31-22(20)32-24(34)33-26(2,3)14-35/h1,5-7,12,15-16,35H,8-11,13-14H2,2-3H3,(H2,28,30)(H,36,37)(H,29,31,32,33)/t15-,16-. The van der Waals surface area contributed by atoms with E-state index in [2.05, 4.69) is 21.2 Å². The minimum Gasteiger partial charge on any atom is -0.465 e. The van der Waals surface area contributed by atoms with E-state index in [1.54, 1.807) is 18.2 Å². The number of carboxylic acid groups (broad SMARTS) is 1. The number of aromatic nitrogens is 4. The fourth-order valence-corrected chi connectivity index (χ4v) is 4.72. The summed E-state index contributed by atoms with van der Waals surface area (Å²) in [5.74, 6) is 3.43. The summed E-state index contributed by atoms with van der Waals surface area (Å²) < 4.78 is 2.02. The summed E-state index contributed by atoms with van der Waals surface area (Å²) >= 11 is 6.30. The number of nitrogens with one attached hydrogen (secondary N) is 3. The highest BCUT2D eigenvalue weighted by Crippen LogP contribution is 2.35. The highest BCUT2D eigenvalue weighted by molar-refractivity contribution is 6.30. The molecule has 1 fully saturated rings. The van der Waals surface area contributed by atoms with Crippen molar-refractivity contribution in [2.75, 3.05) is 11.9 Å². The third kappa shape index (κ3) is 6.01. The molecule has 37 heavy (non-hydrogen) atoms. The molecule has 1 amide bonds. The number of amides is 1. The number of benzene rings is 1. The fraction of sp³-hybridized carbons (Fsp3) is 0.423. The van der Waals surface area contributed by atoms with Gasteiger partial charge in [-0.3, -0.25) is 10.7 Å². The smallest absolute Gasteiger partial charge is 0.410 e. The van der Waals surface area contributed by atoms with Gasteiger partial charge in [-0.2, -0.15) is 4.98 Å². The van der Waals surface area contributed by atoms with E-state index in [4.69, 9.17) is 33.5 Å². The van der Waals surface area contributed by atoms with Crippen molar-refractivity contribution in [3.8, 4) is 23.6 Å². The molecule has 11 heteroatoms. The van der Waals surface area contributed by atoms with Gasteiger partial charge in [-0.25, -0.2) is 14.8 Å². The average Bonchev–Trinajstić information content (AvgIpc) is 3.19. The third-order valence-electron chi connectivity index (χ3n) is 6.53. The van der Waals surface area contributed by atoms with Crippen molar-refractivity contribution in [1.82, 2.24) is 24.8 Å². The van der Waals surface area contributed by atoms with Crippen molar-refractivity contribution in [2.45, 2.75) is 51.6 Å². The van der Waals surface area contributed by atoms with Gasteiger partial charge in [0.15, 0.2) is 17.3 Å². The predicted molar refractivity (Wildman–Crippen MR) is 143 cm³/mol. The van der Waals surface area contributed by atoms with Gasteiger partial charge >= 0.3 is 6.09 Å². The zero-order chi connectivity index (χ0) is 26.7. The molecule has 0 unspecified atom stereocenters. The molecule has 0 spiro atoms. The number of hydrogen-bond donors (Lipinski definition) is 5. The first-order valence-electron chi connectivity index (χ1n) is 12.1. The molecule has 194 valence electrons. The van der Waals surface area contributed by atoms with E-state index in [1.165, 1.54) is 0 Å². The van der Waals surface area contributed by atoms with Crippen LogP contribution in [0.15, 0.2) is 24.3 Å². The van der Waals surface area contributed by atoms with E-state index in [1.807, 2.05) is 29.8 Å². The molecule has 4 rings (SSSR count). The van der Waals surface area contributed by atoms with E-state index in [0.717, 1.165) is 25.7 Å². The Labute approximate surface area is 220 Å². The minimum atomic E-state index is -1.39. The lowest BCUT2D eigenvalue weighted by Gasteiger charge is -2.29. The molecule has 0 radical (unpaired) electrons. The number of imidazole rings is 1. The van der Waals surface area contributed by atoms with Crippen LogP contribution in [0.1, 0.15) is 45.4 Å². The average molecular weight is 524 g/mol. The van der Waals surface area contributed by atoms with Crippen LogP contribution < -0.4 is 10.6 Å². The van der Waals surface area contributed by atoms with E-state index >= 15 is 0 Å². The van der Waals surface area contributed by atoms with Crippen LogP contribution in [0.2, 0.25) is 5.02 Å². The summed E-state index contributed by atoms with van der Waals surface area (Å²) in [6, 6.07) is 7.13. The van der Waals surface area contributed by atoms with Gasteiger partial charge in [0.05, 0.1) is 12.1 Å². The number of anilines is 1. The number of aliphatic hydroxyl groups excluding tert-OH is 1. The van der Waals surface area contributed by atoms with Crippen molar-refractivity contribution in [2.24, 2.45) is 11.8 Å². The Morgan fingerprint density at radius 3 is 2.62 bits per heavy atom. The van der Waals surface area contributed by atoms with Crippen LogP contribution in [0, 0.1) is 29.6 Å². The molecule has 1 saturated carbocycles. The number of aliphatic hydroxyl groups is 1.